The Morgan fingerprint density at radius 2 is 1.72 bits per heavy atom. The van der Waals surface area contributed by atoms with E-state index in [9.17, 15) is 24.9 Å². The lowest BCUT2D eigenvalue weighted by molar-refractivity contribution is -0.124. The van der Waals surface area contributed by atoms with E-state index in [1.54, 1.807) is 12.1 Å². The monoisotopic (exact) mass is 939 g/mol. The molecule has 0 amide bonds. The third kappa shape index (κ3) is 13.7. The number of aromatic hydroxyl groups is 1. The molecule has 0 radical (unpaired) electrons. The van der Waals surface area contributed by atoms with Crippen LogP contribution in [-0.4, -0.2) is 78.0 Å². The van der Waals surface area contributed by atoms with Crippen molar-refractivity contribution in [3.63, 3.8) is 0 Å². The molecule has 7 unspecified atom stereocenters. The minimum Gasteiger partial charge on any atom is -0.504 e. The van der Waals surface area contributed by atoms with Crippen LogP contribution in [0.2, 0.25) is 0 Å². The maximum absolute atomic E-state index is 13.7. The van der Waals surface area contributed by atoms with Gasteiger partial charge in [-0.15, -0.1) is 0 Å². The van der Waals surface area contributed by atoms with Crippen molar-refractivity contribution in [1.29, 1.82) is 0 Å². The highest BCUT2D eigenvalue weighted by Gasteiger charge is 2.45. The van der Waals surface area contributed by atoms with E-state index in [0.717, 1.165) is 108 Å². The van der Waals surface area contributed by atoms with Gasteiger partial charge in [0, 0.05) is 25.2 Å². The summed E-state index contributed by atoms with van der Waals surface area (Å²) in [5.41, 5.74) is 13.4. The van der Waals surface area contributed by atoms with E-state index in [4.69, 9.17) is 10.5 Å². The second-order valence-corrected chi connectivity index (χ2v) is 21.0. The summed E-state index contributed by atoms with van der Waals surface area (Å²) in [4.78, 5) is 27.3. The number of carbonyl (C=O) groups excluding carboxylic acids is 2. The van der Waals surface area contributed by atoms with E-state index in [2.05, 4.69) is 76.6 Å². The molecule has 3 aliphatic heterocycles. The van der Waals surface area contributed by atoms with Crippen LogP contribution in [0.1, 0.15) is 118 Å². The lowest BCUT2D eigenvalue weighted by Gasteiger charge is -2.51. The topological polar surface area (TPSA) is 166 Å². The van der Waals surface area contributed by atoms with Crippen molar-refractivity contribution in [2.45, 2.75) is 133 Å². The summed E-state index contributed by atoms with van der Waals surface area (Å²) in [5, 5.41) is 44.0. The molecule has 7 atom stereocenters. The molecule has 2 saturated carbocycles. The number of hydrogen-bond acceptors (Lipinski definition) is 10. The van der Waals surface area contributed by atoms with E-state index in [1.165, 1.54) is 42.7 Å². The standard InChI is InChI=1S/C59H78N4O6/c1-69-56-36-53(46(33-55(56)67)31-47-38-63-57(60)34-44(47)20-19-42-13-7-12-41(28-42)18-17-40-10-3-2-4-11-40)49(39-64)32-51(66)35-50(65)16-8-14-43(21-25-59(68)23-5-6-24-59)29-54-52-22-27-61-37-48(52)30-45-15-9-26-62-58(45)54/h2-4,7,9-13,15,28,32-34,36,38,43,45,48,52,54,57-58,61-64,67-68H,5-6,8,14,16-27,29-31,35,37,39,60H2,1H3. The van der Waals surface area contributed by atoms with Crippen molar-refractivity contribution in [1.82, 2.24) is 16.0 Å². The van der Waals surface area contributed by atoms with E-state index in [-0.39, 0.29) is 35.7 Å². The van der Waals surface area contributed by atoms with Crippen molar-refractivity contribution in [2.75, 3.05) is 33.4 Å². The number of aliphatic hydroxyl groups is 2. The van der Waals surface area contributed by atoms with Gasteiger partial charge in [-0.25, -0.2) is 0 Å². The van der Waals surface area contributed by atoms with Crippen LogP contribution in [0.4, 0.5) is 0 Å². The summed E-state index contributed by atoms with van der Waals surface area (Å²) in [7, 11) is 1.47. The molecule has 0 bridgehead atoms. The minimum absolute atomic E-state index is 0.0459. The average Bonchev–Trinajstić information content (AvgIpc) is 3.80. The zero-order valence-corrected chi connectivity index (χ0v) is 41.0. The third-order valence-corrected chi connectivity index (χ3v) is 16.3. The second-order valence-electron chi connectivity index (χ2n) is 21.0. The van der Waals surface area contributed by atoms with Crippen molar-refractivity contribution in [3.05, 3.63) is 136 Å². The van der Waals surface area contributed by atoms with Crippen LogP contribution in [0, 0.1) is 29.6 Å². The number of hydrogen-bond donors (Lipinski definition) is 7. The van der Waals surface area contributed by atoms with Crippen LogP contribution in [-0.2, 0) is 35.3 Å². The van der Waals surface area contributed by atoms with Gasteiger partial charge in [0.2, 0.25) is 0 Å². The quantitative estimate of drug-likeness (QED) is 0.0278. The summed E-state index contributed by atoms with van der Waals surface area (Å²) < 4.78 is 5.51. The highest BCUT2D eigenvalue weighted by atomic mass is 16.5. The maximum Gasteiger partial charge on any atom is 0.163 e. The molecule has 8 N–H and O–H groups in total. The number of dihydropyridines is 1. The van der Waals surface area contributed by atoms with Gasteiger partial charge >= 0.3 is 0 Å². The van der Waals surface area contributed by atoms with Gasteiger partial charge in [0.15, 0.2) is 17.3 Å². The predicted octanol–water partition coefficient (Wildman–Crippen LogP) is 8.62. The number of benzene rings is 3. The third-order valence-electron chi connectivity index (χ3n) is 16.3. The lowest BCUT2D eigenvalue weighted by Crippen LogP contribution is -2.56. The fourth-order valence-electron chi connectivity index (χ4n) is 12.6. The van der Waals surface area contributed by atoms with Crippen molar-refractivity contribution >= 4 is 17.1 Å². The second kappa shape index (κ2) is 24.3. The Labute approximate surface area is 411 Å². The first-order valence-corrected chi connectivity index (χ1v) is 26.2. The van der Waals surface area contributed by atoms with E-state index < -0.39 is 12.2 Å². The first-order valence-electron chi connectivity index (χ1n) is 26.2. The van der Waals surface area contributed by atoms with E-state index >= 15 is 0 Å². The molecule has 1 saturated heterocycles. The zero-order valence-electron chi connectivity index (χ0n) is 41.0. The number of ether oxygens (including phenoxy) is 1. The fraction of sp³-hybridized carbons (Fsp3) is 0.525. The smallest absolute Gasteiger partial charge is 0.163 e. The molecule has 10 nitrogen and oxygen atoms in total. The average molecular weight is 939 g/mol. The Balaban J connectivity index is 0.907. The van der Waals surface area contributed by atoms with Crippen molar-refractivity contribution in [2.24, 2.45) is 35.3 Å². The molecule has 10 heteroatoms. The van der Waals surface area contributed by atoms with Gasteiger partial charge in [0.25, 0.3) is 0 Å². The number of aryl methyl sites for hydroxylation is 3. The molecule has 3 heterocycles. The SMILES string of the molecule is COc1cc(C(=CC(=O)CC(=O)CCCC(CCC2(O)CCCC2)CC2C3CCNCC3CC3C=CCNC32)CO)c(CC2=CNC(N)C=C2CCc2cccc(CCc3ccccc3)c2)cc1O. The molecule has 0 aromatic heterocycles. The summed E-state index contributed by atoms with van der Waals surface area (Å²) in [6.45, 7) is 2.64. The summed E-state index contributed by atoms with van der Waals surface area (Å²) >= 11 is 0. The molecule has 3 aromatic rings. The molecule has 8 rings (SSSR count). The van der Waals surface area contributed by atoms with E-state index in [0.29, 0.717) is 71.6 Å². The number of Topliss-reactive ketones (excluding diaryl/α,β-unsaturated/α-hetero) is 1. The Morgan fingerprint density at radius 1 is 0.957 bits per heavy atom. The van der Waals surface area contributed by atoms with Crippen LogP contribution in [0.3, 0.4) is 0 Å². The highest BCUT2D eigenvalue weighted by Crippen LogP contribution is 2.47. The van der Waals surface area contributed by atoms with Crippen LogP contribution in [0.5, 0.6) is 11.5 Å². The number of nitrogens with one attached hydrogen (secondary N) is 3. The Morgan fingerprint density at radius 3 is 2.51 bits per heavy atom. The van der Waals surface area contributed by atoms with Gasteiger partial charge in [-0.05, 0) is 195 Å². The van der Waals surface area contributed by atoms with Crippen LogP contribution < -0.4 is 26.4 Å². The van der Waals surface area contributed by atoms with Crippen molar-refractivity contribution in [3.8, 4) is 11.5 Å². The molecular weight excluding hydrogens is 861 g/mol. The Kier molecular flexibility index (Phi) is 17.8. The number of ketones is 2. The number of methoxy groups -OCH3 is 1. The van der Waals surface area contributed by atoms with Gasteiger partial charge in [-0.3, -0.25) is 9.59 Å². The summed E-state index contributed by atoms with van der Waals surface area (Å²) in [5.74, 6) is 2.59. The molecule has 370 valence electrons. The van der Waals surface area contributed by atoms with Gasteiger partial charge in [0.05, 0.1) is 31.9 Å². The molecule has 3 aromatic carbocycles. The first-order chi connectivity index (χ1) is 33.6. The Bertz CT molecular complexity index is 2330. The van der Waals surface area contributed by atoms with E-state index in [1.807, 2.05) is 18.3 Å². The van der Waals surface area contributed by atoms with Gasteiger partial charge in [-0.2, -0.15) is 0 Å². The van der Waals surface area contributed by atoms with Gasteiger partial charge < -0.3 is 41.7 Å². The number of allylic oxidation sites excluding steroid dienone is 3. The summed E-state index contributed by atoms with van der Waals surface area (Å²) in [6.07, 6.45) is 24.6. The number of carbonyl (C=O) groups is 2. The molecule has 2 aliphatic carbocycles. The molecule has 5 aliphatic rings. The maximum atomic E-state index is 13.7. The highest BCUT2D eigenvalue weighted by molar-refractivity contribution is 6.07. The number of phenols is 1. The molecule has 0 spiro atoms. The van der Waals surface area contributed by atoms with Crippen LogP contribution >= 0.6 is 0 Å². The largest absolute Gasteiger partial charge is 0.504 e. The zero-order chi connectivity index (χ0) is 48.2. The number of piperidine rings is 1. The Hall–Kier alpha value is -4.84. The fourth-order valence-corrected chi connectivity index (χ4v) is 12.6. The summed E-state index contributed by atoms with van der Waals surface area (Å²) in [6, 6.07) is 23.1. The minimum atomic E-state index is -0.566. The van der Waals surface area contributed by atoms with Gasteiger partial charge in [-0.1, -0.05) is 86.0 Å². The molecular formula is C59H78N4O6. The van der Waals surface area contributed by atoms with Crippen LogP contribution in [0.25, 0.3) is 5.57 Å². The first kappa shape index (κ1) is 50.5. The van der Waals surface area contributed by atoms with Gasteiger partial charge in [0.1, 0.15) is 5.78 Å². The van der Waals surface area contributed by atoms with Crippen molar-refractivity contribution < 1.29 is 29.6 Å². The number of fused-ring (bicyclic) bond motifs is 2. The number of aliphatic hydroxyl groups excluding tert-OH is 1. The normalized spacial score (nSPS) is 24.6. The number of rotatable bonds is 23. The predicted molar refractivity (Wildman–Crippen MR) is 276 cm³/mol. The molecule has 3 fully saturated rings. The lowest BCUT2D eigenvalue weighted by atomic mass is 9.59. The number of nitrogens with two attached hydrogens (primary N) is 1. The number of phenolic OH excluding ortho intramolecular Hbond substituents is 1. The molecule has 69 heavy (non-hydrogen) atoms. The van der Waals surface area contributed by atoms with Crippen LogP contribution in [0.15, 0.2) is 108 Å².